The predicted octanol–water partition coefficient (Wildman–Crippen LogP) is 7.18. The average Bonchev–Trinajstić information content (AvgIpc) is 2.64. The van der Waals surface area contributed by atoms with Crippen molar-refractivity contribution in [2.24, 2.45) is 4.99 Å². The van der Waals surface area contributed by atoms with E-state index in [0.717, 1.165) is 21.9 Å². The third-order valence-electron chi connectivity index (χ3n) is 4.19. The smallest absolute Gasteiger partial charge is 0.123 e. The summed E-state index contributed by atoms with van der Waals surface area (Å²) in [6.07, 6.45) is 2.02. The molecule has 1 nitrogen and oxygen atoms in total. The molecule has 0 aromatic heterocycles. The van der Waals surface area contributed by atoms with Gasteiger partial charge in [-0.15, -0.1) is 0 Å². The maximum atomic E-state index is 13.1. The van der Waals surface area contributed by atoms with Crippen LogP contribution in [0.1, 0.15) is 22.3 Å². The van der Waals surface area contributed by atoms with Crippen LogP contribution in [0.4, 0.5) is 10.1 Å². The van der Waals surface area contributed by atoms with E-state index in [1.54, 1.807) is 23.9 Å². The van der Waals surface area contributed by atoms with Gasteiger partial charge in [0.1, 0.15) is 5.82 Å². The van der Waals surface area contributed by atoms with Gasteiger partial charge >= 0.3 is 0 Å². The standard InChI is InChI=1S/C24H22FNS/c1-17-4-9-21(10-5-17)26-24(23-13-6-18(2)16-19(23)3)14-15-27-22-11-7-20(25)8-12-22/h4-16H,1-3H3/b15-14+,26-24-. The number of nitrogens with zero attached hydrogens (tertiary/aromatic N) is 1. The van der Waals surface area contributed by atoms with Crippen LogP contribution in [0.3, 0.4) is 0 Å². The van der Waals surface area contributed by atoms with Crippen LogP contribution in [0.15, 0.2) is 88.1 Å². The van der Waals surface area contributed by atoms with E-state index in [9.17, 15) is 4.39 Å². The number of benzene rings is 3. The maximum absolute atomic E-state index is 13.1. The molecule has 3 aromatic carbocycles. The molecule has 3 heteroatoms. The minimum absolute atomic E-state index is 0.222. The summed E-state index contributed by atoms with van der Waals surface area (Å²) >= 11 is 1.55. The molecule has 0 saturated carbocycles. The number of thioether (sulfide) groups is 1. The molecule has 0 bridgehead atoms. The molecule has 0 aliphatic heterocycles. The number of aryl methyl sites for hydroxylation is 3. The Morgan fingerprint density at radius 1 is 0.852 bits per heavy atom. The summed E-state index contributed by atoms with van der Waals surface area (Å²) in [7, 11) is 0. The average molecular weight is 376 g/mol. The first kappa shape index (κ1) is 19.1. The van der Waals surface area contributed by atoms with Crippen molar-refractivity contribution in [2.45, 2.75) is 25.7 Å². The summed E-state index contributed by atoms with van der Waals surface area (Å²) in [6, 6.07) is 21.1. The largest absolute Gasteiger partial charge is 0.248 e. The Morgan fingerprint density at radius 3 is 2.19 bits per heavy atom. The molecule has 0 aliphatic carbocycles. The lowest BCUT2D eigenvalue weighted by atomic mass is 10.0. The van der Waals surface area contributed by atoms with Crippen molar-refractivity contribution < 1.29 is 4.39 Å². The molecule has 0 unspecified atom stereocenters. The van der Waals surface area contributed by atoms with Gasteiger partial charge in [0, 0.05) is 10.5 Å². The van der Waals surface area contributed by atoms with Gasteiger partial charge in [-0.1, -0.05) is 53.2 Å². The van der Waals surface area contributed by atoms with Gasteiger partial charge in [0.25, 0.3) is 0 Å². The van der Waals surface area contributed by atoms with Crippen LogP contribution in [0.2, 0.25) is 0 Å². The Labute approximate surface area is 164 Å². The Hall–Kier alpha value is -2.65. The Balaban J connectivity index is 1.92. The van der Waals surface area contributed by atoms with Crippen LogP contribution >= 0.6 is 11.8 Å². The molecule has 0 N–H and O–H groups in total. The van der Waals surface area contributed by atoms with E-state index in [-0.39, 0.29) is 5.82 Å². The third-order valence-corrected chi connectivity index (χ3v) is 5.00. The van der Waals surface area contributed by atoms with E-state index in [4.69, 9.17) is 4.99 Å². The van der Waals surface area contributed by atoms with Gasteiger partial charge in [0.05, 0.1) is 11.4 Å². The third kappa shape index (κ3) is 5.41. The van der Waals surface area contributed by atoms with E-state index in [2.05, 4.69) is 51.1 Å². The molecule has 0 radical (unpaired) electrons. The monoisotopic (exact) mass is 375 g/mol. The first-order valence-electron chi connectivity index (χ1n) is 8.83. The summed E-state index contributed by atoms with van der Waals surface area (Å²) in [6.45, 7) is 6.26. The molecule has 0 heterocycles. The molecule has 3 rings (SSSR count). The van der Waals surface area contributed by atoms with Crippen molar-refractivity contribution in [2.75, 3.05) is 0 Å². The van der Waals surface area contributed by atoms with E-state index in [1.165, 1.54) is 28.8 Å². The SMILES string of the molecule is Cc1ccc(/N=C(/C=C/Sc2ccc(F)cc2)c2ccc(C)cc2C)cc1. The fraction of sp³-hybridized carbons (Fsp3) is 0.125. The number of halogens is 1. The quantitative estimate of drug-likeness (QED) is 0.340. The number of hydrogen-bond donors (Lipinski definition) is 0. The van der Waals surface area contributed by atoms with Crippen LogP contribution in [0, 0.1) is 26.6 Å². The molecule has 0 fully saturated rings. The molecule has 136 valence electrons. The number of aliphatic imine (C=N–C) groups is 1. The zero-order valence-corrected chi connectivity index (χ0v) is 16.6. The summed E-state index contributed by atoms with van der Waals surface area (Å²) in [5.74, 6) is -0.222. The zero-order valence-electron chi connectivity index (χ0n) is 15.7. The molecule has 27 heavy (non-hydrogen) atoms. The lowest BCUT2D eigenvalue weighted by Crippen LogP contribution is -2.00. The number of hydrogen-bond acceptors (Lipinski definition) is 2. The van der Waals surface area contributed by atoms with Crippen molar-refractivity contribution in [3.05, 3.63) is 106 Å². The second kappa shape index (κ2) is 8.83. The lowest BCUT2D eigenvalue weighted by molar-refractivity contribution is 0.626. The zero-order chi connectivity index (χ0) is 19.2. The van der Waals surface area contributed by atoms with Gasteiger partial charge < -0.3 is 0 Å². The maximum Gasteiger partial charge on any atom is 0.123 e. The summed E-state index contributed by atoms with van der Waals surface area (Å²) in [4.78, 5) is 5.85. The molecular formula is C24H22FNS. The Kier molecular flexibility index (Phi) is 6.25. The minimum Gasteiger partial charge on any atom is -0.248 e. The van der Waals surface area contributed by atoms with Crippen LogP contribution in [-0.4, -0.2) is 5.71 Å². The number of rotatable bonds is 5. The van der Waals surface area contributed by atoms with Crippen molar-refractivity contribution >= 4 is 23.2 Å². The second-order valence-electron chi connectivity index (χ2n) is 6.53. The highest BCUT2D eigenvalue weighted by molar-refractivity contribution is 8.02. The highest BCUT2D eigenvalue weighted by atomic mass is 32.2. The van der Waals surface area contributed by atoms with Crippen molar-refractivity contribution in [1.82, 2.24) is 0 Å². The predicted molar refractivity (Wildman–Crippen MR) is 115 cm³/mol. The molecule has 0 saturated heterocycles. The fourth-order valence-electron chi connectivity index (χ4n) is 2.74. The van der Waals surface area contributed by atoms with Crippen molar-refractivity contribution in [3.8, 4) is 0 Å². The highest BCUT2D eigenvalue weighted by Gasteiger charge is 2.05. The first-order valence-corrected chi connectivity index (χ1v) is 9.71. The topological polar surface area (TPSA) is 12.4 Å². The van der Waals surface area contributed by atoms with Gasteiger partial charge in [-0.3, -0.25) is 0 Å². The van der Waals surface area contributed by atoms with Crippen molar-refractivity contribution in [3.63, 3.8) is 0 Å². The fourth-order valence-corrected chi connectivity index (χ4v) is 3.38. The van der Waals surface area contributed by atoms with Crippen LogP contribution in [-0.2, 0) is 0 Å². The van der Waals surface area contributed by atoms with E-state index in [0.29, 0.717) is 0 Å². The summed E-state index contributed by atoms with van der Waals surface area (Å²) in [5, 5.41) is 2.00. The summed E-state index contributed by atoms with van der Waals surface area (Å²) in [5.41, 5.74) is 6.58. The molecule has 3 aromatic rings. The normalized spacial score (nSPS) is 11.9. The van der Waals surface area contributed by atoms with Crippen LogP contribution in [0.25, 0.3) is 0 Å². The lowest BCUT2D eigenvalue weighted by Gasteiger charge is -2.08. The van der Waals surface area contributed by atoms with Crippen LogP contribution in [0.5, 0.6) is 0 Å². The first-order chi connectivity index (χ1) is 13.0. The van der Waals surface area contributed by atoms with Gasteiger partial charge in [0.2, 0.25) is 0 Å². The van der Waals surface area contributed by atoms with E-state index in [1.807, 2.05) is 23.6 Å². The van der Waals surface area contributed by atoms with E-state index >= 15 is 0 Å². The summed E-state index contributed by atoms with van der Waals surface area (Å²) < 4.78 is 13.1. The Bertz CT molecular complexity index is 970. The number of allylic oxidation sites excluding steroid dienone is 1. The van der Waals surface area contributed by atoms with Gasteiger partial charge in [-0.05, 0) is 74.2 Å². The Morgan fingerprint density at radius 2 is 1.52 bits per heavy atom. The molecule has 0 spiro atoms. The molecule has 0 amide bonds. The second-order valence-corrected chi connectivity index (χ2v) is 7.50. The molecule has 0 aliphatic rings. The molecular weight excluding hydrogens is 353 g/mol. The molecule has 0 atom stereocenters. The van der Waals surface area contributed by atoms with E-state index < -0.39 is 0 Å². The van der Waals surface area contributed by atoms with Gasteiger partial charge in [-0.2, -0.15) is 0 Å². The minimum atomic E-state index is -0.222. The van der Waals surface area contributed by atoms with Gasteiger partial charge in [0.15, 0.2) is 0 Å². The van der Waals surface area contributed by atoms with Gasteiger partial charge in [-0.25, -0.2) is 9.38 Å². The van der Waals surface area contributed by atoms with Crippen LogP contribution < -0.4 is 0 Å². The highest BCUT2D eigenvalue weighted by Crippen LogP contribution is 2.22. The van der Waals surface area contributed by atoms with Crippen molar-refractivity contribution in [1.29, 1.82) is 0 Å².